The van der Waals surface area contributed by atoms with Crippen molar-refractivity contribution < 1.29 is 14.3 Å². The molecular formula is C13H18N2O3. The van der Waals surface area contributed by atoms with Crippen LogP contribution in [0.5, 0.6) is 0 Å². The fraction of sp³-hybridized carbons (Fsp3) is 0.538. The number of hydrogen-bond donors (Lipinski definition) is 0. The number of hydrogen-bond acceptors (Lipinski definition) is 5. The first-order valence-corrected chi connectivity index (χ1v) is 6.07. The van der Waals surface area contributed by atoms with E-state index >= 15 is 0 Å². The second-order valence-electron chi connectivity index (χ2n) is 4.37. The average Bonchev–Trinajstić information content (AvgIpc) is 2.40. The van der Waals surface area contributed by atoms with Gasteiger partial charge >= 0.3 is 5.97 Å². The first-order valence-electron chi connectivity index (χ1n) is 6.07. The van der Waals surface area contributed by atoms with Gasteiger partial charge in [-0.15, -0.1) is 0 Å². The molecule has 0 bridgehead atoms. The number of rotatable bonds is 4. The highest BCUT2D eigenvalue weighted by Gasteiger charge is 2.23. The van der Waals surface area contributed by atoms with E-state index in [1.807, 2.05) is 12.3 Å². The lowest BCUT2D eigenvalue weighted by Crippen LogP contribution is -2.42. The van der Waals surface area contributed by atoms with Gasteiger partial charge < -0.3 is 9.47 Å². The normalized spacial score (nSPS) is 20.6. The summed E-state index contributed by atoms with van der Waals surface area (Å²) in [5.74, 6) is -0.219. The molecule has 2 rings (SSSR count). The van der Waals surface area contributed by atoms with Crippen LogP contribution in [-0.4, -0.2) is 48.8 Å². The van der Waals surface area contributed by atoms with Crippen LogP contribution in [0, 0.1) is 0 Å². The molecule has 0 spiro atoms. The van der Waals surface area contributed by atoms with Gasteiger partial charge in [-0.25, -0.2) is 0 Å². The summed E-state index contributed by atoms with van der Waals surface area (Å²) in [6, 6.07) is 3.99. The van der Waals surface area contributed by atoms with Crippen LogP contribution in [-0.2, 0) is 20.8 Å². The SMILES string of the molecule is COC(=O)CC1CN(Cc2cccnc2)CCO1. The topological polar surface area (TPSA) is 51.7 Å². The van der Waals surface area contributed by atoms with Crippen LogP contribution in [0.2, 0.25) is 0 Å². The van der Waals surface area contributed by atoms with E-state index in [1.54, 1.807) is 6.20 Å². The van der Waals surface area contributed by atoms with E-state index < -0.39 is 0 Å². The van der Waals surface area contributed by atoms with Crippen LogP contribution in [0.25, 0.3) is 0 Å². The van der Waals surface area contributed by atoms with Crippen LogP contribution in [0.15, 0.2) is 24.5 Å². The zero-order chi connectivity index (χ0) is 12.8. The maximum Gasteiger partial charge on any atom is 0.308 e. The third-order valence-corrected chi connectivity index (χ3v) is 2.97. The third-order valence-electron chi connectivity index (χ3n) is 2.97. The zero-order valence-corrected chi connectivity index (χ0v) is 10.5. The number of nitrogens with zero attached hydrogens (tertiary/aromatic N) is 2. The van der Waals surface area contributed by atoms with Gasteiger partial charge in [0, 0.05) is 32.0 Å². The molecule has 0 N–H and O–H groups in total. The van der Waals surface area contributed by atoms with Crippen molar-refractivity contribution >= 4 is 5.97 Å². The Kier molecular flexibility index (Phi) is 4.66. The first kappa shape index (κ1) is 13.0. The Morgan fingerprint density at radius 2 is 2.56 bits per heavy atom. The van der Waals surface area contributed by atoms with E-state index in [-0.39, 0.29) is 12.1 Å². The number of carbonyl (C=O) groups is 1. The Labute approximate surface area is 107 Å². The number of morpholine rings is 1. The molecule has 0 amide bonds. The molecule has 1 unspecified atom stereocenters. The van der Waals surface area contributed by atoms with Gasteiger partial charge in [0.15, 0.2) is 0 Å². The lowest BCUT2D eigenvalue weighted by molar-refractivity contribution is -0.145. The molecule has 1 atom stereocenters. The Morgan fingerprint density at radius 1 is 1.67 bits per heavy atom. The van der Waals surface area contributed by atoms with Crippen LogP contribution in [0.1, 0.15) is 12.0 Å². The lowest BCUT2D eigenvalue weighted by atomic mass is 10.2. The van der Waals surface area contributed by atoms with Gasteiger partial charge in [0.2, 0.25) is 0 Å². The smallest absolute Gasteiger partial charge is 0.308 e. The van der Waals surface area contributed by atoms with Gasteiger partial charge in [-0.3, -0.25) is 14.7 Å². The fourth-order valence-electron chi connectivity index (χ4n) is 2.07. The highest BCUT2D eigenvalue weighted by molar-refractivity contribution is 5.69. The van der Waals surface area contributed by atoms with E-state index in [4.69, 9.17) is 4.74 Å². The van der Waals surface area contributed by atoms with E-state index in [1.165, 1.54) is 12.7 Å². The highest BCUT2D eigenvalue weighted by Crippen LogP contribution is 2.12. The molecule has 5 heteroatoms. The fourth-order valence-corrected chi connectivity index (χ4v) is 2.07. The number of ether oxygens (including phenoxy) is 2. The molecular weight excluding hydrogens is 232 g/mol. The standard InChI is InChI=1S/C13H18N2O3/c1-17-13(16)7-12-10-15(5-6-18-12)9-11-3-2-4-14-8-11/h2-4,8,12H,5-7,9-10H2,1H3. The summed E-state index contributed by atoms with van der Waals surface area (Å²) in [6.07, 6.45) is 3.89. The van der Waals surface area contributed by atoms with Crippen molar-refractivity contribution in [3.05, 3.63) is 30.1 Å². The van der Waals surface area contributed by atoms with Gasteiger partial charge in [0.1, 0.15) is 0 Å². The minimum atomic E-state index is -0.219. The van der Waals surface area contributed by atoms with Gasteiger partial charge in [-0.05, 0) is 11.6 Å². The summed E-state index contributed by atoms with van der Waals surface area (Å²) < 4.78 is 10.2. The molecule has 0 aliphatic carbocycles. The van der Waals surface area contributed by atoms with Gasteiger partial charge in [-0.2, -0.15) is 0 Å². The van der Waals surface area contributed by atoms with E-state index in [2.05, 4.69) is 20.7 Å². The average molecular weight is 250 g/mol. The number of esters is 1. The molecule has 1 aromatic rings. The van der Waals surface area contributed by atoms with Gasteiger partial charge in [0.05, 0.1) is 26.2 Å². The number of methoxy groups -OCH3 is 1. The van der Waals surface area contributed by atoms with Crippen molar-refractivity contribution in [3.8, 4) is 0 Å². The zero-order valence-electron chi connectivity index (χ0n) is 10.5. The molecule has 1 saturated heterocycles. The van der Waals surface area contributed by atoms with Crippen LogP contribution in [0.4, 0.5) is 0 Å². The first-order chi connectivity index (χ1) is 8.78. The van der Waals surface area contributed by atoms with Gasteiger partial charge in [-0.1, -0.05) is 6.07 Å². The molecule has 1 aliphatic heterocycles. The Bertz CT molecular complexity index is 383. The predicted octanol–water partition coefficient (Wildman–Crippen LogP) is 0.845. The Balaban J connectivity index is 1.85. The lowest BCUT2D eigenvalue weighted by Gasteiger charge is -2.32. The monoisotopic (exact) mass is 250 g/mol. The minimum absolute atomic E-state index is 0.0668. The maximum atomic E-state index is 11.2. The minimum Gasteiger partial charge on any atom is -0.469 e. The molecule has 1 aliphatic rings. The third kappa shape index (κ3) is 3.78. The largest absolute Gasteiger partial charge is 0.469 e. The number of carbonyl (C=O) groups excluding carboxylic acids is 1. The molecule has 5 nitrogen and oxygen atoms in total. The molecule has 1 fully saturated rings. The van der Waals surface area contributed by atoms with Crippen molar-refractivity contribution in [2.45, 2.75) is 19.1 Å². The van der Waals surface area contributed by atoms with Crippen molar-refractivity contribution in [2.24, 2.45) is 0 Å². The van der Waals surface area contributed by atoms with Crippen LogP contribution < -0.4 is 0 Å². The second-order valence-corrected chi connectivity index (χ2v) is 4.37. The van der Waals surface area contributed by atoms with E-state index in [0.29, 0.717) is 13.0 Å². The maximum absolute atomic E-state index is 11.2. The van der Waals surface area contributed by atoms with Crippen molar-refractivity contribution in [1.82, 2.24) is 9.88 Å². The van der Waals surface area contributed by atoms with Crippen molar-refractivity contribution in [1.29, 1.82) is 0 Å². The van der Waals surface area contributed by atoms with Crippen molar-refractivity contribution in [3.63, 3.8) is 0 Å². The summed E-state index contributed by atoms with van der Waals surface area (Å²) in [5, 5.41) is 0. The van der Waals surface area contributed by atoms with Crippen LogP contribution >= 0.6 is 0 Å². The van der Waals surface area contributed by atoms with Crippen LogP contribution in [0.3, 0.4) is 0 Å². The molecule has 1 aromatic heterocycles. The summed E-state index contributed by atoms with van der Waals surface area (Å²) in [4.78, 5) is 17.6. The Hall–Kier alpha value is -1.46. The molecule has 0 saturated carbocycles. The summed E-state index contributed by atoms with van der Waals surface area (Å²) in [5.41, 5.74) is 1.18. The molecule has 0 aromatic carbocycles. The molecule has 0 radical (unpaired) electrons. The number of aromatic nitrogens is 1. The van der Waals surface area contributed by atoms with Gasteiger partial charge in [0.25, 0.3) is 0 Å². The predicted molar refractivity (Wildman–Crippen MR) is 65.9 cm³/mol. The van der Waals surface area contributed by atoms with Crippen molar-refractivity contribution in [2.75, 3.05) is 26.8 Å². The van der Waals surface area contributed by atoms with E-state index in [9.17, 15) is 4.79 Å². The quantitative estimate of drug-likeness (QED) is 0.741. The molecule has 2 heterocycles. The summed E-state index contributed by atoms with van der Waals surface area (Å²) in [6.45, 7) is 3.13. The second kappa shape index (κ2) is 6.47. The highest BCUT2D eigenvalue weighted by atomic mass is 16.5. The number of pyridine rings is 1. The molecule has 98 valence electrons. The summed E-state index contributed by atoms with van der Waals surface area (Å²) >= 11 is 0. The molecule has 18 heavy (non-hydrogen) atoms. The Morgan fingerprint density at radius 3 is 3.28 bits per heavy atom. The van der Waals surface area contributed by atoms with E-state index in [0.717, 1.165) is 19.6 Å². The summed E-state index contributed by atoms with van der Waals surface area (Å²) in [7, 11) is 1.40.